The van der Waals surface area contributed by atoms with E-state index in [1.807, 2.05) is 4.57 Å². The fourth-order valence-electron chi connectivity index (χ4n) is 1.81. The van der Waals surface area contributed by atoms with E-state index in [4.69, 9.17) is 17.3 Å². The van der Waals surface area contributed by atoms with E-state index in [0.717, 1.165) is 23.2 Å². The predicted octanol–water partition coefficient (Wildman–Crippen LogP) is 2.15. The lowest BCUT2D eigenvalue weighted by molar-refractivity contribution is -0.118. The van der Waals surface area contributed by atoms with E-state index in [-0.39, 0.29) is 12.3 Å². The Kier molecular flexibility index (Phi) is 6.16. The maximum atomic E-state index is 11.0. The van der Waals surface area contributed by atoms with Crippen LogP contribution in [0.15, 0.2) is 5.16 Å². The summed E-state index contributed by atoms with van der Waals surface area (Å²) in [5.74, 6) is 1.46. The summed E-state index contributed by atoms with van der Waals surface area (Å²) in [5.41, 5.74) is 5.95. The van der Waals surface area contributed by atoms with Crippen molar-refractivity contribution >= 4 is 40.8 Å². The first-order valence-electron chi connectivity index (χ1n) is 6.77. The quantitative estimate of drug-likeness (QED) is 0.724. The van der Waals surface area contributed by atoms with Gasteiger partial charge >= 0.3 is 0 Å². The van der Waals surface area contributed by atoms with Gasteiger partial charge in [0.05, 0.1) is 0 Å². The second-order valence-electron chi connectivity index (χ2n) is 5.15. The SMILES string of the molecule is CC(C)Cn1c(CCC(N)=O)nnc1SCc1nnsc1Cl. The fourth-order valence-corrected chi connectivity index (χ4v) is 3.51. The molecule has 0 bridgehead atoms. The maximum Gasteiger partial charge on any atom is 0.217 e. The van der Waals surface area contributed by atoms with E-state index in [0.29, 0.717) is 22.4 Å². The van der Waals surface area contributed by atoms with E-state index in [1.54, 1.807) is 0 Å². The molecule has 2 aromatic rings. The summed E-state index contributed by atoms with van der Waals surface area (Å²) in [6, 6.07) is 0. The van der Waals surface area contributed by atoms with Crippen molar-refractivity contribution in [2.75, 3.05) is 0 Å². The molecule has 0 fully saturated rings. The Morgan fingerprint density at radius 1 is 1.41 bits per heavy atom. The minimum atomic E-state index is -0.339. The molecule has 0 aliphatic carbocycles. The van der Waals surface area contributed by atoms with E-state index in [2.05, 4.69) is 33.6 Å². The summed E-state index contributed by atoms with van der Waals surface area (Å²) < 4.78 is 6.44. The van der Waals surface area contributed by atoms with Crippen molar-refractivity contribution < 1.29 is 4.79 Å². The van der Waals surface area contributed by atoms with Crippen LogP contribution in [0.4, 0.5) is 0 Å². The Labute approximate surface area is 141 Å². The van der Waals surface area contributed by atoms with Crippen molar-refractivity contribution in [2.45, 2.75) is 44.1 Å². The number of carbonyl (C=O) groups excluding carboxylic acids is 1. The third-order valence-corrected chi connectivity index (χ3v) is 4.75. The van der Waals surface area contributed by atoms with Gasteiger partial charge in [-0.3, -0.25) is 4.79 Å². The van der Waals surface area contributed by atoms with Gasteiger partial charge in [-0.05, 0) is 5.92 Å². The number of primary amides is 1. The number of aromatic nitrogens is 5. The Morgan fingerprint density at radius 2 is 2.18 bits per heavy atom. The Balaban J connectivity index is 2.11. The van der Waals surface area contributed by atoms with Crippen molar-refractivity contribution in [1.29, 1.82) is 0 Å². The number of nitrogens with zero attached hydrogens (tertiary/aromatic N) is 5. The molecule has 7 nitrogen and oxygen atoms in total. The van der Waals surface area contributed by atoms with E-state index in [1.165, 1.54) is 23.3 Å². The Hall–Kier alpha value is -1.19. The molecule has 0 aliphatic heterocycles. The lowest BCUT2D eigenvalue weighted by Gasteiger charge is -2.11. The van der Waals surface area contributed by atoms with E-state index in [9.17, 15) is 4.79 Å². The molecule has 2 aromatic heterocycles. The first-order chi connectivity index (χ1) is 10.5. The zero-order valence-electron chi connectivity index (χ0n) is 12.3. The molecular weight excluding hydrogens is 344 g/mol. The molecule has 2 N–H and O–H groups in total. The largest absolute Gasteiger partial charge is 0.370 e. The zero-order chi connectivity index (χ0) is 16.1. The highest BCUT2D eigenvalue weighted by Crippen LogP contribution is 2.27. The van der Waals surface area contributed by atoms with Crippen molar-refractivity contribution in [3.05, 3.63) is 15.9 Å². The standard InChI is InChI=1S/C12H17ClN6OS2/c1-7(2)5-19-10(4-3-9(14)20)16-17-12(19)21-6-8-11(13)22-18-15-8/h7H,3-6H2,1-2H3,(H2,14,20). The van der Waals surface area contributed by atoms with Gasteiger partial charge in [-0.15, -0.1) is 15.3 Å². The van der Waals surface area contributed by atoms with Gasteiger partial charge in [0, 0.05) is 36.7 Å². The number of nitrogens with two attached hydrogens (primary N) is 1. The molecule has 1 amide bonds. The van der Waals surface area contributed by atoms with Crippen LogP contribution in [0.3, 0.4) is 0 Å². The predicted molar refractivity (Wildman–Crippen MR) is 86.9 cm³/mol. The van der Waals surface area contributed by atoms with E-state index >= 15 is 0 Å². The van der Waals surface area contributed by atoms with Gasteiger partial charge in [0.2, 0.25) is 5.91 Å². The molecule has 0 spiro atoms. The number of hydrogen-bond acceptors (Lipinski definition) is 7. The Bertz CT molecular complexity index is 641. The molecule has 0 aromatic carbocycles. The van der Waals surface area contributed by atoms with Crippen molar-refractivity contribution in [3.63, 3.8) is 0 Å². The van der Waals surface area contributed by atoms with Crippen molar-refractivity contribution in [3.8, 4) is 0 Å². The zero-order valence-corrected chi connectivity index (χ0v) is 14.7. The molecule has 2 heterocycles. The summed E-state index contributed by atoms with van der Waals surface area (Å²) >= 11 is 8.68. The first-order valence-corrected chi connectivity index (χ1v) is 8.91. The van der Waals surface area contributed by atoms with Gasteiger partial charge < -0.3 is 10.3 Å². The highest BCUT2D eigenvalue weighted by molar-refractivity contribution is 7.98. The van der Waals surface area contributed by atoms with Crippen LogP contribution in [0.1, 0.15) is 31.8 Å². The number of carbonyl (C=O) groups is 1. The van der Waals surface area contributed by atoms with Gasteiger partial charge in [-0.1, -0.05) is 41.7 Å². The Morgan fingerprint density at radius 3 is 2.77 bits per heavy atom. The van der Waals surface area contributed by atoms with Gasteiger partial charge in [-0.2, -0.15) is 0 Å². The van der Waals surface area contributed by atoms with Crippen LogP contribution in [-0.2, 0) is 23.5 Å². The number of halogens is 1. The van der Waals surface area contributed by atoms with Crippen LogP contribution >= 0.6 is 34.9 Å². The highest BCUT2D eigenvalue weighted by Gasteiger charge is 2.16. The maximum absolute atomic E-state index is 11.0. The smallest absolute Gasteiger partial charge is 0.217 e. The summed E-state index contributed by atoms with van der Waals surface area (Å²) in [4.78, 5) is 11.0. The lowest BCUT2D eigenvalue weighted by atomic mass is 10.2. The van der Waals surface area contributed by atoms with Gasteiger partial charge in [0.25, 0.3) is 0 Å². The van der Waals surface area contributed by atoms with Crippen molar-refractivity contribution in [1.82, 2.24) is 24.4 Å². The number of hydrogen-bond donors (Lipinski definition) is 1. The number of amides is 1. The first kappa shape index (κ1) is 17.2. The number of thioether (sulfide) groups is 1. The number of aryl methyl sites for hydroxylation is 1. The molecular formula is C12H17ClN6OS2. The van der Waals surface area contributed by atoms with Crippen LogP contribution in [0, 0.1) is 5.92 Å². The summed E-state index contributed by atoms with van der Waals surface area (Å²) in [5, 5.41) is 13.2. The molecule has 0 saturated heterocycles. The van der Waals surface area contributed by atoms with E-state index < -0.39 is 0 Å². The van der Waals surface area contributed by atoms with Crippen LogP contribution in [0.2, 0.25) is 4.34 Å². The van der Waals surface area contributed by atoms with Crippen molar-refractivity contribution in [2.24, 2.45) is 11.7 Å². The molecule has 0 atom stereocenters. The summed E-state index contributed by atoms with van der Waals surface area (Å²) in [6.45, 7) is 5.02. The topological polar surface area (TPSA) is 99.6 Å². The molecule has 0 unspecified atom stereocenters. The summed E-state index contributed by atoms with van der Waals surface area (Å²) in [6.07, 6.45) is 0.761. The normalized spacial score (nSPS) is 11.3. The third kappa shape index (κ3) is 4.65. The van der Waals surface area contributed by atoms with Crippen LogP contribution in [0.5, 0.6) is 0 Å². The molecule has 2 rings (SSSR count). The molecule has 120 valence electrons. The molecule has 0 radical (unpaired) electrons. The third-order valence-electron chi connectivity index (χ3n) is 2.78. The van der Waals surface area contributed by atoms with Gasteiger partial charge in [-0.25, -0.2) is 0 Å². The molecule has 10 heteroatoms. The second kappa shape index (κ2) is 7.89. The molecule has 0 aliphatic rings. The molecule has 22 heavy (non-hydrogen) atoms. The van der Waals surface area contributed by atoms with Gasteiger partial charge in [0.15, 0.2) is 5.16 Å². The lowest BCUT2D eigenvalue weighted by Crippen LogP contribution is -2.15. The van der Waals surface area contributed by atoms with Crippen LogP contribution < -0.4 is 5.73 Å². The second-order valence-corrected chi connectivity index (χ2v) is 7.45. The van der Waals surface area contributed by atoms with Crippen LogP contribution in [-0.4, -0.2) is 30.3 Å². The average molecular weight is 361 g/mol. The summed E-state index contributed by atoms with van der Waals surface area (Å²) in [7, 11) is 0. The minimum Gasteiger partial charge on any atom is -0.370 e. The average Bonchev–Trinajstić information content (AvgIpc) is 3.00. The van der Waals surface area contributed by atoms with Crippen LogP contribution in [0.25, 0.3) is 0 Å². The minimum absolute atomic E-state index is 0.267. The molecule has 0 saturated carbocycles. The monoisotopic (exact) mass is 360 g/mol. The van der Waals surface area contributed by atoms with Gasteiger partial charge in [0.1, 0.15) is 15.9 Å². The highest BCUT2D eigenvalue weighted by atomic mass is 35.5. The fraction of sp³-hybridized carbons (Fsp3) is 0.583. The number of rotatable bonds is 8.